The van der Waals surface area contributed by atoms with Gasteiger partial charge in [0.15, 0.2) is 0 Å². The minimum absolute atomic E-state index is 0.742. The lowest BCUT2D eigenvalue weighted by Crippen LogP contribution is -2.00. The van der Waals surface area contributed by atoms with Crippen molar-refractivity contribution >= 4 is 21.4 Å². The van der Waals surface area contributed by atoms with Gasteiger partial charge in [0.1, 0.15) is 0 Å². The fourth-order valence-electron chi connectivity index (χ4n) is 1.52. The van der Waals surface area contributed by atoms with Gasteiger partial charge in [-0.2, -0.15) is 0 Å². The predicted octanol–water partition coefficient (Wildman–Crippen LogP) is 2.71. The zero-order chi connectivity index (χ0) is 9.26. The van der Waals surface area contributed by atoms with Gasteiger partial charge in [-0.25, -0.2) is 0 Å². The van der Waals surface area contributed by atoms with Crippen molar-refractivity contribution in [3.63, 3.8) is 0 Å². The van der Waals surface area contributed by atoms with Gasteiger partial charge in [0, 0.05) is 9.58 Å². The summed E-state index contributed by atoms with van der Waals surface area (Å²) in [5.74, 6) is 0. The van der Waals surface area contributed by atoms with Gasteiger partial charge in [-0.1, -0.05) is 12.1 Å². The zero-order valence-electron chi connectivity index (χ0n) is 7.71. The first-order chi connectivity index (χ1) is 6.31. The van der Waals surface area contributed by atoms with Gasteiger partial charge in [-0.05, 0) is 43.0 Å². The van der Waals surface area contributed by atoms with Crippen molar-refractivity contribution in [2.75, 3.05) is 6.54 Å². The number of hydrogen-bond acceptors (Lipinski definition) is 2. The van der Waals surface area contributed by atoms with Crippen molar-refractivity contribution in [3.8, 4) is 0 Å². The third-order valence-corrected chi connectivity index (χ3v) is 3.38. The summed E-state index contributed by atoms with van der Waals surface area (Å²) in [5, 5.41) is 1.39. The average Bonchev–Trinajstić information content (AvgIpc) is 2.49. The lowest BCUT2D eigenvalue weighted by atomic mass is 10.1. The Morgan fingerprint density at radius 3 is 2.92 bits per heavy atom. The van der Waals surface area contributed by atoms with Crippen LogP contribution in [0.1, 0.15) is 10.4 Å². The van der Waals surface area contributed by atoms with Crippen LogP contribution in [0, 0.1) is 6.92 Å². The molecule has 0 aliphatic rings. The smallest absolute Gasteiger partial charge is 0.0348 e. The molecule has 0 fully saturated rings. The molecular weight excluding hydrogens is 178 g/mol. The fourth-order valence-corrected chi connectivity index (χ4v) is 2.68. The molecule has 1 heterocycles. The van der Waals surface area contributed by atoms with E-state index in [9.17, 15) is 0 Å². The quantitative estimate of drug-likeness (QED) is 0.776. The zero-order valence-corrected chi connectivity index (χ0v) is 8.53. The van der Waals surface area contributed by atoms with Crippen molar-refractivity contribution in [1.82, 2.24) is 0 Å². The van der Waals surface area contributed by atoms with Crippen LogP contribution in [0.2, 0.25) is 0 Å². The third-order valence-electron chi connectivity index (χ3n) is 2.22. The standard InChI is InChI=1S/C11H13NS/c1-8-3-2-4-11-10(8)7-9(13-11)5-6-12/h2-4,7H,5-6,12H2,1H3. The number of thiophene rings is 1. The van der Waals surface area contributed by atoms with Crippen molar-refractivity contribution < 1.29 is 0 Å². The summed E-state index contributed by atoms with van der Waals surface area (Å²) in [6.45, 7) is 2.90. The molecule has 0 unspecified atom stereocenters. The molecule has 0 aliphatic heterocycles. The number of fused-ring (bicyclic) bond motifs is 1. The minimum atomic E-state index is 0.742. The predicted molar refractivity (Wildman–Crippen MR) is 59.3 cm³/mol. The van der Waals surface area contributed by atoms with Crippen LogP contribution in [-0.4, -0.2) is 6.54 Å². The molecule has 0 aliphatic carbocycles. The van der Waals surface area contributed by atoms with E-state index in [0.717, 1.165) is 13.0 Å². The van der Waals surface area contributed by atoms with Crippen LogP contribution in [0.25, 0.3) is 10.1 Å². The first-order valence-corrected chi connectivity index (χ1v) is 5.31. The molecule has 0 saturated heterocycles. The number of aryl methyl sites for hydroxylation is 1. The topological polar surface area (TPSA) is 26.0 Å². The van der Waals surface area contributed by atoms with Crippen LogP contribution in [0.15, 0.2) is 24.3 Å². The molecular formula is C11H13NS. The number of nitrogens with two attached hydrogens (primary N) is 1. The maximum absolute atomic E-state index is 5.53. The Bertz CT molecular complexity index is 417. The molecule has 2 heteroatoms. The average molecular weight is 191 g/mol. The number of benzene rings is 1. The number of rotatable bonds is 2. The highest BCUT2D eigenvalue weighted by atomic mass is 32.1. The van der Waals surface area contributed by atoms with Gasteiger partial charge < -0.3 is 5.73 Å². The maximum Gasteiger partial charge on any atom is 0.0348 e. The van der Waals surface area contributed by atoms with E-state index in [-0.39, 0.29) is 0 Å². The van der Waals surface area contributed by atoms with E-state index in [4.69, 9.17) is 5.73 Å². The Balaban J connectivity index is 2.55. The molecule has 1 nitrogen and oxygen atoms in total. The molecule has 1 aromatic heterocycles. The molecule has 0 spiro atoms. The summed E-state index contributed by atoms with van der Waals surface area (Å²) in [7, 11) is 0. The fraction of sp³-hybridized carbons (Fsp3) is 0.273. The van der Waals surface area contributed by atoms with E-state index < -0.39 is 0 Å². The molecule has 0 radical (unpaired) electrons. The van der Waals surface area contributed by atoms with Crippen molar-refractivity contribution in [2.45, 2.75) is 13.3 Å². The Kier molecular flexibility index (Phi) is 2.34. The largest absolute Gasteiger partial charge is 0.330 e. The van der Waals surface area contributed by atoms with E-state index in [1.807, 2.05) is 11.3 Å². The Morgan fingerprint density at radius 1 is 1.38 bits per heavy atom. The first-order valence-electron chi connectivity index (χ1n) is 4.49. The normalized spacial score (nSPS) is 10.9. The highest BCUT2D eigenvalue weighted by Crippen LogP contribution is 2.27. The van der Waals surface area contributed by atoms with Crippen LogP contribution in [0.3, 0.4) is 0 Å². The maximum atomic E-state index is 5.53. The lowest BCUT2D eigenvalue weighted by Gasteiger charge is -1.91. The summed E-state index contributed by atoms with van der Waals surface area (Å²) >= 11 is 1.86. The van der Waals surface area contributed by atoms with Gasteiger partial charge >= 0.3 is 0 Å². The van der Waals surface area contributed by atoms with Gasteiger partial charge in [0.05, 0.1) is 0 Å². The van der Waals surface area contributed by atoms with E-state index >= 15 is 0 Å². The van der Waals surface area contributed by atoms with Gasteiger partial charge in [-0.15, -0.1) is 11.3 Å². The Hall–Kier alpha value is -0.860. The molecule has 68 valence electrons. The molecule has 1 aromatic carbocycles. The van der Waals surface area contributed by atoms with E-state index in [1.54, 1.807) is 0 Å². The van der Waals surface area contributed by atoms with E-state index in [0.29, 0.717) is 0 Å². The molecule has 13 heavy (non-hydrogen) atoms. The highest BCUT2D eigenvalue weighted by Gasteiger charge is 2.02. The van der Waals surface area contributed by atoms with Gasteiger partial charge in [0.25, 0.3) is 0 Å². The van der Waals surface area contributed by atoms with Crippen LogP contribution >= 0.6 is 11.3 Å². The second kappa shape index (κ2) is 3.48. The van der Waals surface area contributed by atoms with Crippen molar-refractivity contribution in [3.05, 3.63) is 34.7 Å². The highest BCUT2D eigenvalue weighted by molar-refractivity contribution is 7.19. The second-order valence-corrected chi connectivity index (χ2v) is 4.41. The molecule has 0 atom stereocenters. The monoisotopic (exact) mass is 191 g/mol. The van der Waals surface area contributed by atoms with Crippen LogP contribution in [0.4, 0.5) is 0 Å². The third kappa shape index (κ3) is 1.60. The minimum Gasteiger partial charge on any atom is -0.330 e. The summed E-state index contributed by atoms with van der Waals surface area (Å²) in [5.41, 5.74) is 6.89. The molecule has 2 N–H and O–H groups in total. The summed E-state index contributed by atoms with van der Waals surface area (Å²) in [6.07, 6.45) is 0.999. The van der Waals surface area contributed by atoms with Gasteiger partial charge in [-0.3, -0.25) is 0 Å². The van der Waals surface area contributed by atoms with Crippen LogP contribution in [-0.2, 0) is 6.42 Å². The molecule has 0 amide bonds. The Labute approximate surface area is 82.2 Å². The molecule has 0 saturated carbocycles. The van der Waals surface area contributed by atoms with Crippen molar-refractivity contribution in [1.29, 1.82) is 0 Å². The first kappa shape index (κ1) is 8.73. The van der Waals surface area contributed by atoms with E-state index in [1.165, 1.54) is 20.5 Å². The Morgan fingerprint density at radius 2 is 2.23 bits per heavy atom. The van der Waals surface area contributed by atoms with Crippen LogP contribution < -0.4 is 5.73 Å². The summed E-state index contributed by atoms with van der Waals surface area (Å²) in [4.78, 5) is 1.40. The molecule has 2 rings (SSSR count). The summed E-state index contributed by atoms with van der Waals surface area (Å²) in [6, 6.07) is 8.71. The van der Waals surface area contributed by atoms with Gasteiger partial charge in [0.2, 0.25) is 0 Å². The number of hydrogen-bond donors (Lipinski definition) is 1. The van der Waals surface area contributed by atoms with E-state index in [2.05, 4.69) is 31.2 Å². The van der Waals surface area contributed by atoms with Crippen molar-refractivity contribution in [2.24, 2.45) is 5.73 Å². The molecule has 0 bridgehead atoms. The van der Waals surface area contributed by atoms with Crippen LogP contribution in [0.5, 0.6) is 0 Å². The second-order valence-electron chi connectivity index (χ2n) is 3.24. The lowest BCUT2D eigenvalue weighted by molar-refractivity contribution is 0.989. The summed E-state index contributed by atoms with van der Waals surface area (Å²) < 4.78 is 1.38. The molecule has 2 aromatic rings. The SMILES string of the molecule is Cc1cccc2sc(CCN)cc12.